The molecule has 0 aliphatic rings. The fourth-order valence-electron chi connectivity index (χ4n) is 1.99. The lowest BCUT2D eigenvalue weighted by atomic mass is 10.2. The van der Waals surface area contributed by atoms with Crippen LogP contribution in [-0.4, -0.2) is 24.0 Å². The van der Waals surface area contributed by atoms with Crippen molar-refractivity contribution in [3.05, 3.63) is 42.2 Å². The number of rotatable bonds is 5. The molecule has 6 heteroatoms. The van der Waals surface area contributed by atoms with Crippen molar-refractivity contribution in [2.75, 3.05) is 11.1 Å². The Kier molecular flexibility index (Phi) is 4.13. The maximum absolute atomic E-state index is 12.1. The van der Waals surface area contributed by atoms with E-state index in [0.29, 0.717) is 10.6 Å². The molecule has 1 unspecified atom stereocenters. The van der Waals surface area contributed by atoms with E-state index in [4.69, 9.17) is 0 Å². The van der Waals surface area contributed by atoms with Crippen molar-refractivity contribution in [2.45, 2.75) is 24.8 Å². The summed E-state index contributed by atoms with van der Waals surface area (Å²) in [5.41, 5.74) is 1.64. The molecule has 0 aliphatic carbocycles. The summed E-state index contributed by atoms with van der Waals surface area (Å²) in [6, 6.07) is 6.97. The molecule has 0 saturated heterocycles. The molecule has 1 aromatic carbocycles. The zero-order chi connectivity index (χ0) is 14.8. The van der Waals surface area contributed by atoms with Gasteiger partial charge in [0.15, 0.2) is 9.84 Å². The minimum absolute atomic E-state index is 0.0168. The molecular formula is C14H19N3O2S. The smallest absolute Gasteiger partial charge is 0.180 e. The minimum atomic E-state index is -3.23. The van der Waals surface area contributed by atoms with Crippen LogP contribution in [0.5, 0.6) is 0 Å². The Morgan fingerprint density at radius 1 is 1.35 bits per heavy atom. The molecule has 20 heavy (non-hydrogen) atoms. The van der Waals surface area contributed by atoms with Gasteiger partial charge in [-0.15, -0.1) is 0 Å². The van der Waals surface area contributed by atoms with Crippen molar-refractivity contribution < 1.29 is 8.42 Å². The van der Waals surface area contributed by atoms with E-state index >= 15 is 0 Å². The number of aryl methyl sites for hydroxylation is 1. The van der Waals surface area contributed by atoms with Crippen LogP contribution in [0.1, 0.15) is 25.5 Å². The maximum Gasteiger partial charge on any atom is 0.180 e. The van der Waals surface area contributed by atoms with Gasteiger partial charge in [0.1, 0.15) is 0 Å². The van der Waals surface area contributed by atoms with Crippen molar-refractivity contribution in [3.63, 3.8) is 0 Å². The highest BCUT2D eigenvalue weighted by Crippen LogP contribution is 2.26. The Labute approximate surface area is 119 Å². The van der Waals surface area contributed by atoms with Gasteiger partial charge in [-0.25, -0.2) is 8.42 Å². The minimum Gasteiger partial charge on any atom is -0.377 e. The van der Waals surface area contributed by atoms with Gasteiger partial charge in [0.25, 0.3) is 0 Å². The molecule has 1 atom stereocenters. The van der Waals surface area contributed by atoms with E-state index < -0.39 is 9.84 Å². The van der Waals surface area contributed by atoms with E-state index in [1.165, 1.54) is 0 Å². The van der Waals surface area contributed by atoms with Gasteiger partial charge in [-0.3, -0.25) is 4.68 Å². The van der Waals surface area contributed by atoms with Gasteiger partial charge >= 0.3 is 0 Å². The molecule has 0 saturated carbocycles. The van der Waals surface area contributed by atoms with Gasteiger partial charge in [-0.05, 0) is 19.1 Å². The fraction of sp³-hybridized carbons (Fsp3) is 0.357. The molecular weight excluding hydrogens is 274 g/mol. The lowest BCUT2D eigenvalue weighted by Gasteiger charge is -2.16. The average molecular weight is 293 g/mol. The molecule has 1 heterocycles. The third-order valence-electron chi connectivity index (χ3n) is 3.20. The number of nitrogens with zero attached hydrogens (tertiary/aromatic N) is 2. The largest absolute Gasteiger partial charge is 0.377 e. The van der Waals surface area contributed by atoms with Gasteiger partial charge in [0.05, 0.1) is 28.6 Å². The highest BCUT2D eigenvalue weighted by atomic mass is 32.2. The van der Waals surface area contributed by atoms with Crippen molar-refractivity contribution in [3.8, 4) is 0 Å². The maximum atomic E-state index is 12.1. The van der Waals surface area contributed by atoms with Crippen molar-refractivity contribution >= 4 is 15.5 Å². The summed E-state index contributed by atoms with van der Waals surface area (Å²) in [5, 5.41) is 7.37. The number of benzene rings is 1. The summed E-state index contributed by atoms with van der Waals surface area (Å²) in [7, 11) is -1.38. The van der Waals surface area contributed by atoms with Crippen molar-refractivity contribution in [2.24, 2.45) is 7.05 Å². The average Bonchev–Trinajstić information content (AvgIpc) is 2.86. The number of hydrogen-bond donors (Lipinski definition) is 1. The van der Waals surface area contributed by atoms with Crippen molar-refractivity contribution in [1.29, 1.82) is 0 Å². The van der Waals surface area contributed by atoms with Gasteiger partial charge in [-0.1, -0.05) is 19.1 Å². The van der Waals surface area contributed by atoms with Crippen LogP contribution in [0.25, 0.3) is 0 Å². The monoisotopic (exact) mass is 293 g/mol. The number of sulfone groups is 1. The SMILES string of the molecule is CCS(=O)(=O)c1ccccc1NC(C)c1cnn(C)c1. The Hall–Kier alpha value is -1.82. The Morgan fingerprint density at radius 3 is 2.65 bits per heavy atom. The highest BCUT2D eigenvalue weighted by molar-refractivity contribution is 7.91. The lowest BCUT2D eigenvalue weighted by Crippen LogP contribution is -2.11. The molecule has 0 fully saturated rings. The standard InChI is InChI=1S/C14H19N3O2S/c1-4-20(18,19)14-8-6-5-7-13(14)16-11(2)12-9-15-17(3)10-12/h5-11,16H,4H2,1-3H3. The molecule has 0 radical (unpaired) electrons. The molecule has 1 N–H and O–H groups in total. The first-order valence-electron chi connectivity index (χ1n) is 6.51. The third-order valence-corrected chi connectivity index (χ3v) is 4.99. The number of para-hydroxylation sites is 1. The van der Waals surface area contributed by atoms with Crippen LogP contribution in [0.4, 0.5) is 5.69 Å². The van der Waals surface area contributed by atoms with E-state index in [2.05, 4.69) is 10.4 Å². The van der Waals surface area contributed by atoms with E-state index in [1.54, 1.807) is 36.0 Å². The zero-order valence-corrected chi connectivity index (χ0v) is 12.7. The van der Waals surface area contributed by atoms with Gasteiger partial charge in [0.2, 0.25) is 0 Å². The van der Waals surface area contributed by atoms with E-state index in [0.717, 1.165) is 5.56 Å². The van der Waals surface area contributed by atoms with Crippen LogP contribution in [0.3, 0.4) is 0 Å². The summed E-state index contributed by atoms with van der Waals surface area (Å²) in [5.74, 6) is 0.0902. The first-order chi connectivity index (χ1) is 9.44. The van der Waals surface area contributed by atoms with Crippen LogP contribution < -0.4 is 5.32 Å². The van der Waals surface area contributed by atoms with Crippen LogP contribution in [0.15, 0.2) is 41.6 Å². The van der Waals surface area contributed by atoms with Crippen LogP contribution >= 0.6 is 0 Å². The van der Waals surface area contributed by atoms with Gasteiger partial charge in [0, 0.05) is 18.8 Å². The molecule has 0 aliphatic heterocycles. The van der Waals surface area contributed by atoms with Gasteiger partial charge < -0.3 is 5.32 Å². The summed E-state index contributed by atoms with van der Waals surface area (Å²) in [6.07, 6.45) is 3.68. The number of aromatic nitrogens is 2. The van der Waals surface area contributed by atoms with E-state index in [9.17, 15) is 8.42 Å². The third kappa shape index (κ3) is 3.01. The lowest BCUT2D eigenvalue weighted by molar-refractivity contribution is 0.597. The Morgan fingerprint density at radius 2 is 2.05 bits per heavy atom. The molecule has 2 rings (SSSR count). The number of hydrogen-bond acceptors (Lipinski definition) is 4. The van der Waals surface area contributed by atoms with Crippen LogP contribution in [-0.2, 0) is 16.9 Å². The fourth-order valence-corrected chi connectivity index (χ4v) is 3.05. The quantitative estimate of drug-likeness (QED) is 0.919. The Bertz CT molecular complexity index is 692. The normalized spacial score (nSPS) is 13.2. The molecule has 5 nitrogen and oxygen atoms in total. The zero-order valence-electron chi connectivity index (χ0n) is 11.9. The van der Waals surface area contributed by atoms with Crippen LogP contribution in [0.2, 0.25) is 0 Å². The molecule has 2 aromatic rings. The van der Waals surface area contributed by atoms with Gasteiger partial charge in [-0.2, -0.15) is 5.10 Å². The Balaban J connectivity index is 2.30. The first-order valence-corrected chi connectivity index (χ1v) is 8.16. The second-order valence-electron chi connectivity index (χ2n) is 4.71. The highest BCUT2D eigenvalue weighted by Gasteiger charge is 2.17. The summed E-state index contributed by atoms with van der Waals surface area (Å²) in [6.45, 7) is 3.63. The van der Waals surface area contributed by atoms with Crippen LogP contribution in [0, 0.1) is 0 Å². The summed E-state index contributed by atoms with van der Waals surface area (Å²) >= 11 is 0. The predicted octanol–water partition coefficient (Wildman–Crippen LogP) is 2.39. The molecule has 1 aromatic heterocycles. The summed E-state index contributed by atoms with van der Waals surface area (Å²) < 4.78 is 25.9. The van der Waals surface area contributed by atoms with E-state index in [1.807, 2.05) is 26.2 Å². The first kappa shape index (κ1) is 14.6. The number of anilines is 1. The van der Waals surface area contributed by atoms with Crippen molar-refractivity contribution in [1.82, 2.24) is 9.78 Å². The molecule has 0 spiro atoms. The topological polar surface area (TPSA) is 64.0 Å². The van der Waals surface area contributed by atoms with E-state index in [-0.39, 0.29) is 11.8 Å². The summed E-state index contributed by atoms with van der Waals surface area (Å²) in [4.78, 5) is 0.346. The predicted molar refractivity (Wildman–Crippen MR) is 79.4 cm³/mol. The number of nitrogens with one attached hydrogen (secondary N) is 1. The molecule has 0 bridgehead atoms. The second-order valence-corrected chi connectivity index (χ2v) is 6.96. The molecule has 0 amide bonds. The molecule has 108 valence electrons. The second kappa shape index (κ2) is 5.66.